The number of H-pyrrole nitrogens is 2. The van der Waals surface area contributed by atoms with Gasteiger partial charge in [0.1, 0.15) is 6.33 Å². The van der Waals surface area contributed by atoms with Crippen molar-refractivity contribution in [3.05, 3.63) is 48.8 Å². The number of ether oxygens (including phenoxy) is 1. The van der Waals surface area contributed by atoms with Crippen molar-refractivity contribution in [3.63, 3.8) is 0 Å². The van der Waals surface area contributed by atoms with Gasteiger partial charge in [-0.1, -0.05) is 12.1 Å². The fraction of sp³-hybridized carbons (Fsp3) is 0.158. The fourth-order valence-corrected chi connectivity index (χ4v) is 2.99. The number of rotatable bonds is 7. The third-order valence-corrected chi connectivity index (χ3v) is 4.35. The summed E-state index contributed by atoms with van der Waals surface area (Å²) in [4.78, 5) is 17.2. The number of carbonyl (C=O) groups excluding carboxylic acids is 1. The molecular weight excluding hydrogens is 344 g/mol. The molecule has 1 amide bonds. The van der Waals surface area contributed by atoms with Gasteiger partial charge in [0.25, 0.3) is 0 Å². The zero-order valence-electron chi connectivity index (χ0n) is 14.7. The van der Waals surface area contributed by atoms with E-state index in [1.165, 1.54) is 0 Å². The highest BCUT2D eigenvalue weighted by Gasteiger charge is 2.13. The normalized spacial score (nSPS) is 11.0. The standard InChI is InChI=1S/C19H18N6O2/c1-27-8-7-25(12-26)15-4-2-3-13(9-15)18-16-10-14(19-20-11-21-24-19)5-6-17(16)22-23-18/h2-6,9-12H,7-8H2,1H3,(H,22,23)(H,20,21,24). The summed E-state index contributed by atoms with van der Waals surface area (Å²) in [6, 6.07) is 13.6. The molecule has 0 unspecified atom stereocenters. The van der Waals surface area contributed by atoms with Crippen molar-refractivity contribution in [2.75, 3.05) is 25.2 Å². The number of nitrogens with one attached hydrogen (secondary N) is 2. The van der Waals surface area contributed by atoms with Crippen LogP contribution in [-0.4, -0.2) is 52.1 Å². The van der Waals surface area contributed by atoms with E-state index in [1.807, 2.05) is 42.5 Å². The summed E-state index contributed by atoms with van der Waals surface area (Å²) in [5.74, 6) is 0.629. The summed E-state index contributed by atoms with van der Waals surface area (Å²) in [5.41, 5.74) is 4.33. The molecule has 0 radical (unpaired) electrons. The highest BCUT2D eigenvalue weighted by molar-refractivity contribution is 5.96. The van der Waals surface area contributed by atoms with Crippen LogP contribution < -0.4 is 4.90 Å². The van der Waals surface area contributed by atoms with Crippen LogP contribution in [-0.2, 0) is 9.53 Å². The van der Waals surface area contributed by atoms with Gasteiger partial charge in [-0.3, -0.25) is 15.0 Å². The van der Waals surface area contributed by atoms with Gasteiger partial charge >= 0.3 is 0 Å². The smallest absolute Gasteiger partial charge is 0.214 e. The predicted octanol–water partition coefficient (Wildman–Crippen LogP) is 2.62. The largest absolute Gasteiger partial charge is 0.383 e. The number of aromatic nitrogens is 5. The summed E-state index contributed by atoms with van der Waals surface area (Å²) < 4.78 is 5.07. The molecule has 8 nitrogen and oxygen atoms in total. The molecule has 136 valence electrons. The maximum Gasteiger partial charge on any atom is 0.214 e. The van der Waals surface area contributed by atoms with Crippen molar-refractivity contribution >= 4 is 23.0 Å². The van der Waals surface area contributed by atoms with Gasteiger partial charge in [-0.15, -0.1) is 0 Å². The lowest BCUT2D eigenvalue weighted by molar-refractivity contribution is -0.107. The monoisotopic (exact) mass is 362 g/mol. The van der Waals surface area contributed by atoms with Crippen LogP contribution in [0.1, 0.15) is 0 Å². The SMILES string of the molecule is COCCN(C=O)c1cccc(-c2n[nH]c3ccc(-c4nc[nH]n4)cc23)c1. The second-order valence-electron chi connectivity index (χ2n) is 6.00. The van der Waals surface area contributed by atoms with Crippen LogP contribution in [0.3, 0.4) is 0 Å². The predicted molar refractivity (Wildman–Crippen MR) is 102 cm³/mol. The molecule has 0 atom stereocenters. The Morgan fingerprint density at radius 1 is 1.15 bits per heavy atom. The van der Waals surface area contributed by atoms with Crippen molar-refractivity contribution < 1.29 is 9.53 Å². The van der Waals surface area contributed by atoms with E-state index < -0.39 is 0 Å². The topological polar surface area (TPSA) is 99.8 Å². The molecule has 0 saturated heterocycles. The summed E-state index contributed by atoms with van der Waals surface area (Å²) in [6.45, 7) is 0.952. The van der Waals surface area contributed by atoms with Gasteiger partial charge in [0, 0.05) is 35.9 Å². The maximum absolute atomic E-state index is 11.4. The Morgan fingerprint density at radius 2 is 2.07 bits per heavy atom. The van der Waals surface area contributed by atoms with Gasteiger partial charge in [0.2, 0.25) is 6.41 Å². The number of amides is 1. The average molecular weight is 362 g/mol. The summed E-state index contributed by atoms with van der Waals surface area (Å²) in [7, 11) is 1.61. The minimum Gasteiger partial charge on any atom is -0.383 e. The molecular formula is C19H18N6O2. The Kier molecular flexibility index (Phi) is 4.63. The number of carbonyl (C=O) groups is 1. The number of hydrogen-bond acceptors (Lipinski definition) is 5. The first kappa shape index (κ1) is 16.9. The number of aromatic amines is 2. The second kappa shape index (κ2) is 7.38. The zero-order chi connectivity index (χ0) is 18.6. The molecule has 8 heteroatoms. The van der Waals surface area contributed by atoms with E-state index in [9.17, 15) is 4.79 Å². The lowest BCUT2D eigenvalue weighted by atomic mass is 10.0. The Labute approximate surface area is 155 Å². The molecule has 0 fully saturated rings. The first-order valence-electron chi connectivity index (χ1n) is 8.45. The lowest BCUT2D eigenvalue weighted by Gasteiger charge is -2.17. The minimum atomic E-state index is 0.467. The average Bonchev–Trinajstić information content (AvgIpc) is 3.38. The summed E-state index contributed by atoms with van der Waals surface area (Å²) in [5, 5.41) is 15.3. The van der Waals surface area contributed by atoms with Crippen molar-refractivity contribution in [2.24, 2.45) is 0 Å². The number of hydrogen-bond donors (Lipinski definition) is 2. The van der Waals surface area contributed by atoms with Gasteiger partial charge in [-0.05, 0) is 30.3 Å². The Bertz CT molecular complexity index is 1060. The molecule has 0 aliphatic carbocycles. The van der Waals surface area contributed by atoms with E-state index in [2.05, 4.69) is 25.4 Å². The molecule has 0 bridgehead atoms. The zero-order valence-corrected chi connectivity index (χ0v) is 14.7. The second-order valence-corrected chi connectivity index (χ2v) is 6.00. The molecule has 0 saturated carbocycles. The quantitative estimate of drug-likeness (QED) is 0.492. The highest BCUT2D eigenvalue weighted by Crippen LogP contribution is 2.31. The van der Waals surface area contributed by atoms with Crippen LogP contribution in [0.5, 0.6) is 0 Å². The van der Waals surface area contributed by atoms with E-state index >= 15 is 0 Å². The summed E-state index contributed by atoms with van der Waals surface area (Å²) >= 11 is 0. The maximum atomic E-state index is 11.4. The number of methoxy groups -OCH3 is 1. The number of anilines is 1. The molecule has 0 spiro atoms. The number of fused-ring (bicyclic) bond motifs is 1. The van der Waals surface area contributed by atoms with Gasteiger partial charge in [0.05, 0.1) is 17.8 Å². The van der Waals surface area contributed by atoms with Crippen LogP contribution in [0.2, 0.25) is 0 Å². The third kappa shape index (κ3) is 3.30. The van der Waals surface area contributed by atoms with Crippen LogP contribution in [0.4, 0.5) is 5.69 Å². The van der Waals surface area contributed by atoms with Crippen molar-refractivity contribution in [2.45, 2.75) is 0 Å². The Morgan fingerprint density at radius 3 is 2.85 bits per heavy atom. The van der Waals surface area contributed by atoms with Crippen LogP contribution >= 0.6 is 0 Å². The minimum absolute atomic E-state index is 0.467. The van der Waals surface area contributed by atoms with E-state index in [1.54, 1.807) is 18.3 Å². The van der Waals surface area contributed by atoms with E-state index in [0.717, 1.165) is 39.8 Å². The van der Waals surface area contributed by atoms with Crippen molar-refractivity contribution in [1.29, 1.82) is 0 Å². The van der Waals surface area contributed by atoms with Gasteiger partial charge < -0.3 is 9.64 Å². The molecule has 0 aliphatic heterocycles. The Hall–Kier alpha value is -3.52. The van der Waals surface area contributed by atoms with Crippen molar-refractivity contribution in [3.8, 4) is 22.6 Å². The van der Waals surface area contributed by atoms with E-state index in [-0.39, 0.29) is 0 Å². The first-order chi connectivity index (χ1) is 13.3. The molecule has 2 aromatic carbocycles. The van der Waals surface area contributed by atoms with Gasteiger partial charge in [-0.2, -0.15) is 10.2 Å². The van der Waals surface area contributed by atoms with Gasteiger partial charge in [0.15, 0.2) is 5.82 Å². The highest BCUT2D eigenvalue weighted by atomic mass is 16.5. The lowest BCUT2D eigenvalue weighted by Crippen LogP contribution is -2.25. The molecule has 2 heterocycles. The van der Waals surface area contributed by atoms with E-state index in [4.69, 9.17) is 4.74 Å². The van der Waals surface area contributed by atoms with Gasteiger partial charge in [-0.25, -0.2) is 4.98 Å². The van der Waals surface area contributed by atoms with E-state index in [0.29, 0.717) is 19.0 Å². The molecule has 0 aliphatic rings. The molecule has 4 rings (SSSR count). The Balaban J connectivity index is 1.75. The van der Waals surface area contributed by atoms with Crippen LogP contribution in [0.25, 0.3) is 33.5 Å². The summed E-state index contributed by atoms with van der Waals surface area (Å²) in [6.07, 6.45) is 2.36. The molecule has 27 heavy (non-hydrogen) atoms. The molecule has 2 aromatic heterocycles. The number of nitrogens with zero attached hydrogens (tertiary/aromatic N) is 4. The van der Waals surface area contributed by atoms with Crippen LogP contribution in [0.15, 0.2) is 48.8 Å². The molecule has 4 aromatic rings. The van der Waals surface area contributed by atoms with Crippen LogP contribution in [0, 0.1) is 0 Å². The third-order valence-electron chi connectivity index (χ3n) is 4.35. The number of benzene rings is 2. The fourth-order valence-electron chi connectivity index (χ4n) is 2.99. The first-order valence-corrected chi connectivity index (χ1v) is 8.45. The molecule has 2 N–H and O–H groups in total. The van der Waals surface area contributed by atoms with Crippen molar-refractivity contribution in [1.82, 2.24) is 25.4 Å².